The van der Waals surface area contributed by atoms with Crippen molar-refractivity contribution < 1.29 is 4.79 Å². The van der Waals surface area contributed by atoms with Crippen molar-refractivity contribution in [3.63, 3.8) is 0 Å². The van der Waals surface area contributed by atoms with E-state index in [-0.39, 0.29) is 5.91 Å². The highest BCUT2D eigenvalue weighted by molar-refractivity contribution is 7.16. The smallest absolute Gasteiger partial charge is 0.241 e. The van der Waals surface area contributed by atoms with E-state index in [0.29, 0.717) is 12.2 Å². The molecule has 0 bridgehead atoms. The third kappa shape index (κ3) is 1.69. The van der Waals surface area contributed by atoms with Crippen LogP contribution in [0.1, 0.15) is 0 Å². The van der Waals surface area contributed by atoms with Crippen molar-refractivity contribution in [3.8, 4) is 0 Å². The van der Waals surface area contributed by atoms with E-state index < -0.39 is 0 Å². The molecule has 1 amide bonds. The molecule has 94 valence electrons. The van der Waals surface area contributed by atoms with Crippen LogP contribution in [-0.2, 0) is 4.79 Å². The minimum Gasteiger partial charge on any atom is -0.395 e. The van der Waals surface area contributed by atoms with E-state index in [0.717, 1.165) is 29.0 Å². The maximum Gasteiger partial charge on any atom is 0.241 e. The van der Waals surface area contributed by atoms with Crippen LogP contribution in [0.3, 0.4) is 0 Å². The largest absolute Gasteiger partial charge is 0.395 e. The summed E-state index contributed by atoms with van der Waals surface area (Å²) in [5.41, 5.74) is 10.4. The van der Waals surface area contributed by atoms with Gasteiger partial charge in [-0.2, -0.15) is 0 Å². The number of carbonyl (C=O) groups is 1. The van der Waals surface area contributed by atoms with Gasteiger partial charge in [-0.25, -0.2) is 4.98 Å². The lowest BCUT2D eigenvalue weighted by Gasteiger charge is -2.34. The van der Waals surface area contributed by atoms with Crippen LogP contribution in [0.5, 0.6) is 0 Å². The van der Waals surface area contributed by atoms with E-state index >= 15 is 0 Å². The van der Waals surface area contributed by atoms with Gasteiger partial charge in [-0.3, -0.25) is 4.79 Å². The highest BCUT2D eigenvalue weighted by atomic mass is 32.1. The van der Waals surface area contributed by atoms with Crippen molar-refractivity contribution in [2.24, 2.45) is 0 Å². The van der Waals surface area contributed by atoms with Gasteiger partial charge in [-0.05, 0) is 12.1 Å². The van der Waals surface area contributed by atoms with Crippen LogP contribution in [0, 0.1) is 0 Å². The summed E-state index contributed by atoms with van der Waals surface area (Å²) >= 11 is 1.57. The molecule has 1 saturated heterocycles. The van der Waals surface area contributed by atoms with Crippen LogP contribution in [0.2, 0.25) is 0 Å². The number of amides is 1. The topological polar surface area (TPSA) is 62.5 Å². The monoisotopic (exact) mass is 262 g/mol. The van der Waals surface area contributed by atoms with Crippen molar-refractivity contribution in [1.29, 1.82) is 0 Å². The van der Waals surface area contributed by atoms with E-state index in [1.165, 1.54) is 0 Å². The molecule has 1 aromatic carbocycles. The fraction of sp³-hybridized carbons (Fsp3) is 0.333. The Kier molecular flexibility index (Phi) is 2.59. The molecule has 1 aromatic heterocycles. The highest BCUT2D eigenvalue weighted by Gasteiger charge is 2.23. The van der Waals surface area contributed by atoms with Gasteiger partial charge in [-0.1, -0.05) is 0 Å². The Balaban J connectivity index is 1.99. The van der Waals surface area contributed by atoms with Gasteiger partial charge >= 0.3 is 0 Å². The SMILES string of the molecule is CN1CCN(c2ccc3scnc3c2N)CC1=O. The molecule has 2 heterocycles. The van der Waals surface area contributed by atoms with E-state index in [4.69, 9.17) is 5.73 Å². The zero-order valence-corrected chi connectivity index (χ0v) is 10.9. The number of carbonyl (C=O) groups excluding carboxylic acids is 1. The summed E-state index contributed by atoms with van der Waals surface area (Å²) in [6, 6.07) is 4.00. The molecule has 5 nitrogen and oxygen atoms in total. The Bertz CT molecular complexity index is 609. The number of hydrogen-bond donors (Lipinski definition) is 1. The summed E-state index contributed by atoms with van der Waals surface area (Å²) in [6.07, 6.45) is 0. The number of nitrogens with two attached hydrogens (primary N) is 1. The molecule has 1 aliphatic heterocycles. The number of anilines is 2. The first kappa shape index (κ1) is 11.3. The number of likely N-dealkylation sites (N-methyl/N-ethyl adjacent to an activating group) is 1. The summed E-state index contributed by atoms with van der Waals surface area (Å²) in [7, 11) is 1.83. The molecule has 0 atom stereocenters. The van der Waals surface area contributed by atoms with Gasteiger partial charge in [0.1, 0.15) is 5.52 Å². The van der Waals surface area contributed by atoms with Gasteiger partial charge < -0.3 is 15.5 Å². The number of thiazole rings is 1. The van der Waals surface area contributed by atoms with Gasteiger partial charge in [-0.15, -0.1) is 11.3 Å². The van der Waals surface area contributed by atoms with E-state index in [2.05, 4.69) is 4.98 Å². The minimum atomic E-state index is 0.124. The Hall–Kier alpha value is -1.82. The Labute approximate surface area is 109 Å². The number of hydrogen-bond acceptors (Lipinski definition) is 5. The van der Waals surface area contributed by atoms with Gasteiger partial charge in [0.05, 0.1) is 28.1 Å². The quantitative estimate of drug-likeness (QED) is 0.783. The van der Waals surface area contributed by atoms with Crippen LogP contribution in [0.15, 0.2) is 17.6 Å². The van der Waals surface area contributed by atoms with Crippen LogP contribution in [0.4, 0.5) is 11.4 Å². The maximum atomic E-state index is 11.7. The summed E-state index contributed by atoms with van der Waals surface area (Å²) in [4.78, 5) is 19.8. The summed E-state index contributed by atoms with van der Waals surface area (Å²) < 4.78 is 1.08. The van der Waals surface area contributed by atoms with Crippen LogP contribution in [0.25, 0.3) is 10.2 Å². The zero-order valence-electron chi connectivity index (χ0n) is 10.1. The Morgan fingerprint density at radius 2 is 2.22 bits per heavy atom. The number of benzene rings is 1. The second-order valence-corrected chi connectivity index (χ2v) is 5.32. The lowest BCUT2D eigenvalue weighted by Crippen LogP contribution is -2.48. The average Bonchev–Trinajstić information content (AvgIpc) is 2.83. The van der Waals surface area contributed by atoms with E-state index in [1.807, 2.05) is 24.1 Å². The Morgan fingerprint density at radius 3 is 3.00 bits per heavy atom. The first-order valence-corrected chi connectivity index (χ1v) is 6.65. The molecule has 18 heavy (non-hydrogen) atoms. The van der Waals surface area contributed by atoms with Crippen LogP contribution >= 0.6 is 11.3 Å². The number of fused-ring (bicyclic) bond motifs is 1. The van der Waals surface area contributed by atoms with E-state index in [1.54, 1.807) is 21.7 Å². The zero-order chi connectivity index (χ0) is 12.7. The normalized spacial score (nSPS) is 16.6. The highest BCUT2D eigenvalue weighted by Crippen LogP contribution is 2.32. The first-order chi connectivity index (χ1) is 8.66. The predicted octanol–water partition coefficient (Wildman–Crippen LogP) is 1.16. The number of aromatic nitrogens is 1. The lowest BCUT2D eigenvalue weighted by molar-refractivity contribution is -0.129. The molecule has 6 heteroatoms. The van der Waals surface area contributed by atoms with Crippen molar-refractivity contribution in [2.75, 3.05) is 37.3 Å². The minimum absolute atomic E-state index is 0.124. The van der Waals surface area contributed by atoms with E-state index in [9.17, 15) is 4.79 Å². The number of piperazine rings is 1. The molecule has 1 aliphatic rings. The fourth-order valence-electron chi connectivity index (χ4n) is 2.18. The third-order valence-electron chi connectivity index (χ3n) is 3.32. The number of rotatable bonds is 1. The predicted molar refractivity (Wildman–Crippen MR) is 73.9 cm³/mol. The van der Waals surface area contributed by atoms with Crippen molar-refractivity contribution in [2.45, 2.75) is 0 Å². The Morgan fingerprint density at radius 1 is 1.39 bits per heavy atom. The van der Waals surface area contributed by atoms with Gasteiger partial charge in [0.2, 0.25) is 5.91 Å². The molecule has 2 N–H and O–H groups in total. The molecule has 0 radical (unpaired) electrons. The lowest BCUT2D eigenvalue weighted by atomic mass is 10.2. The molecule has 0 spiro atoms. The molecule has 0 saturated carbocycles. The molecule has 3 rings (SSSR count). The van der Waals surface area contributed by atoms with Gasteiger partial charge in [0.25, 0.3) is 0 Å². The first-order valence-electron chi connectivity index (χ1n) is 5.77. The molecule has 2 aromatic rings. The van der Waals surface area contributed by atoms with Gasteiger partial charge in [0, 0.05) is 20.1 Å². The molecule has 0 unspecified atom stereocenters. The van der Waals surface area contributed by atoms with Gasteiger partial charge in [0.15, 0.2) is 0 Å². The fourth-order valence-corrected chi connectivity index (χ4v) is 2.87. The molecular formula is C12H14N4OS. The number of nitrogens with zero attached hydrogens (tertiary/aromatic N) is 3. The van der Waals surface area contributed by atoms with Crippen LogP contribution in [-0.4, -0.2) is 42.5 Å². The summed E-state index contributed by atoms with van der Waals surface area (Å²) in [6.45, 7) is 1.92. The van der Waals surface area contributed by atoms with Crippen LogP contribution < -0.4 is 10.6 Å². The third-order valence-corrected chi connectivity index (χ3v) is 4.11. The van der Waals surface area contributed by atoms with Crippen molar-refractivity contribution >= 4 is 38.8 Å². The summed E-state index contributed by atoms with van der Waals surface area (Å²) in [5.74, 6) is 0.124. The van der Waals surface area contributed by atoms with Crippen molar-refractivity contribution in [3.05, 3.63) is 17.6 Å². The maximum absolute atomic E-state index is 11.7. The summed E-state index contributed by atoms with van der Waals surface area (Å²) in [5, 5.41) is 0. The molecular weight excluding hydrogens is 248 g/mol. The average molecular weight is 262 g/mol. The second-order valence-electron chi connectivity index (χ2n) is 4.43. The molecule has 0 aliphatic carbocycles. The standard InChI is InChI=1S/C12H14N4OS/c1-15-4-5-16(6-10(15)17)8-2-3-9-12(11(8)13)14-7-18-9/h2-3,7H,4-6,13H2,1H3. The molecule has 1 fully saturated rings. The second kappa shape index (κ2) is 4.13. The van der Waals surface area contributed by atoms with Crippen molar-refractivity contribution in [1.82, 2.24) is 9.88 Å². The number of nitrogen functional groups attached to an aromatic ring is 1.